The minimum absolute atomic E-state index is 0.0279. The van der Waals surface area contributed by atoms with Gasteiger partial charge in [-0.3, -0.25) is 14.9 Å². The Morgan fingerprint density at radius 2 is 1.86 bits per heavy atom. The molecular formula is C16H11BrN2O3. The summed E-state index contributed by atoms with van der Waals surface area (Å²) in [6.07, 6.45) is 1.75. The Hall–Kier alpha value is -2.47. The molecule has 0 saturated carbocycles. The van der Waals surface area contributed by atoms with Crippen molar-refractivity contribution in [3.63, 3.8) is 0 Å². The fraction of sp³-hybridized carbons (Fsp3) is 0.0625. The second-order valence-electron chi connectivity index (χ2n) is 4.93. The lowest BCUT2D eigenvalue weighted by Crippen LogP contribution is -2.20. The van der Waals surface area contributed by atoms with Crippen molar-refractivity contribution in [2.24, 2.45) is 0 Å². The van der Waals surface area contributed by atoms with E-state index in [1.54, 1.807) is 30.2 Å². The molecule has 0 bridgehead atoms. The molecule has 2 aromatic rings. The number of fused-ring (bicyclic) bond motifs is 1. The molecule has 0 aliphatic carbocycles. The van der Waals surface area contributed by atoms with Crippen LogP contribution < -0.4 is 4.90 Å². The average molecular weight is 359 g/mol. The molecule has 2 aromatic carbocycles. The number of carbonyl (C=O) groups is 1. The van der Waals surface area contributed by atoms with Crippen LogP contribution in [-0.4, -0.2) is 17.9 Å². The van der Waals surface area contributed by atoms with Crippen LogP contribution in [0.2, 0.25) is 0 Å². The maximum Gasteiger partial charge on any atom is 0.269 e. The first kappa shape index (κ1) is 14.5. The quantitative estimate of drug-likeness (QED) is 0.465. The summed E-state index contributed by atoms with van der Waals surface area (Å²) >= 11 is 3.41. The lowest BCUT2D eigenvalue weighted by molar-refractivity contribution is -0.384. The highest BCUT2D eigenvalue weighted by Crippen LogP contribution is 2.38. The molecule has 0 unspecified atom stereocenters. The van der Waals surface area contributed by atoms with Gasteiger partial charge < -0.3 is 4.90 Å². The van der Waals surface area contributed by atoms with E-state index in [1.165, 1.54) is 12.1 Å². The Kier molecular flexibility index (Phi) is 3.54. The highest BCUT2D eigenvalue weighted by Gasteiger charge is 2.29. The zero-order chi connectivity index (χ0) is 15.9. The topological polar surface area (TPSA) is 63.5 Å². The minimum Gasteiger partial charge on any atom is -0.311 e. The van der Waals surface area contributed by atoms with E-state index in [-0.39, 0.29) is 11.6 Å². The third-order valence-electron chi connectivity index (χ3n) is 3.56. The van der Waals surface area contributed by atoms with Gasteiger partial charge in [0.2, 0.25) is 0 Å². The van der Waals surface area contributed by atoms with Crippen molar-refractivity contribution in [2.45, 2.75) is 0 Å². The van der Waals surface area contributed by atoms with Gasteiger partial charge in [0.25, 0.3) is 11.6 Å². The SMILES string of the molecule is CN1C(=O)/C(=C/c2ccc([N+](=O)[O-])cc2)c2cc(Br)ccc21. The van der Waals surface area contributed by atoms with Gasteiger partial charge in [-0.25, -0.2) is 0 Å². The Labute approximate surface area is 135 Å². The summed E-state index contributed by atoms with van der Waals surface area (Å²) in [6, 6.07) is 11.8. The van der Waals surface area contributed by atoms with Crippen molar-refractivity contribution in [1.82, 2.24) is 0 Å². The predicted octanol–water partition coefficient (Wildman–Crippen LogP) is 3.87. The molecule has 1 amide bonds. The zero-order valence-electron chi connectivity index (χ0n) is 11.6. The van der Waals surface area contributed by atoms with E-state index in [9.17, 15) is 14.9 Å². The molecule has 5 nitrogen and oxygen atoms in total. The van der Waals surface area contributed by atoms with Gasteiger partial charge in [0.05, 0.1) is 10.6 Å². The van der Waals surface area contributed by atoms with Crippen LogP contribution in [0.4, 0.5) is 11.4 Å². The third kappa shape index (κ3) is 2.42. The molecule has 1 aliphatic heterocycles. The van der Waals surface area contributed by atoms with Crippen molar-refractivity contribution < 1.29 is 9.72 Å². The van der Waals surface area contributed by atoms with E-state index in [0.29, 0.717) is 5.57 Å². The normalized spacial score (nSPS) is 15.3. The van der Waals surface area contributed by atoms with Crippen molar-refractivity contribution in [3.05, 3.63) is 68.2 Å². The number of halogens is 1. The number of anilines is 1. The van der Waals surface area contributed by atoms with E-state index in [1.807, 2.05) is 18.2 Å². The van der Waals surface area contributed by atoms with Crippen LogP contribution >= 0.6 is 15.9 Å². The zero-order valence-corrected chi connectivity index (χ0v) is 13.2. The Bertz CT molecular complexity index is 813. The van der Waals surface area contributed by atoms with Crippen LogP contribution in [0, 0.1) is 10.1 Å². The molecule has 0 fully saturated rings. The van der Waals surface area contributed by atoms with Crippen LogP contribution in [0.1, 0.15) is 11.1 Å². The summed E-state index contributed by atoms with van der Waals surface area (Å²) in [7, 11) is 1.73. The van der Waals surface area contributed by atoms with Crippen molar-refractivity contribution in [1.29, 1.82) is 0 Å². The Balaban J connectivity index is 2.06. The van der Waals surface area contributed by atoms with Crippen molar-refractivity contribution in [3.8, 4) is 0 Å². The lowest BCUT2D eigenvalue weighted by atomic mass is 10.0. The summed E-state index contributed by atoms with van der Waals surface area (Å²) in [5.41, 5.74) is 3.05. The maximum absolute atomic E-state index is 12.4. The average Bonchev–Trinajstić information content (AvgIpc) is 2.72. The predicted molar refractivity (Wildman–Crippen MR) is 88.5 cm³/mol. The van der Waals surface area contributed by atoms with Crippen molar-refractivity contribution >= 4 is 44.9 Å². The van der Waals surface area contributed by atoms with E-state index in [4.69, 9.17) is 0 Å². The fourth-order valence-corrected chi connectivity index (χ4v) is 2.78. The highest BCUT2D eigenvalue weighted by atomic mass is 79.9. The van der Waals surface area contributed by atoms with Crippen LogP contribution in [0.25, 0.3) is 11.6 Å². The molecular weight excluding hydrogens is 348 g/mol. The molecule has 0 saturated heterocycles. The van der Waals surface area contributed by atoms with Gasteiger partial charge in [0.15, 0.2) is 0 Å². The smallest absolute Gasteiger partial charge is 0.269 e. The Morgan fingerprint density at radius 3 is 2.50 bits per heavy atom. The fourth-order valence-electron chi connectivity index (χ4n) is 2.42. The molecule has 0 aromatic heterocycles. The van der Waals surface area contributed by atoms with E-state index < -0.39 is 4.92 Å². The van der Waals surface area contributed by atoms with E-state index in [0.717, 1.165) is 21.3 Å². The van der Waals surface area contributed by atoms with Gasteiger partial charge >= 0.3 is 0 Å². The minimum atomic E-state index is -0.447. The number of nitro groups is 1. The van der Waals surface area contributed by atoms with Gasteiger partial charge in [-0.05, 0) is 42.0 Å². The number of non-ortho nitro benzene ring substituents is 1. The van der Waals surface area contributed by atoms with Gasteiger partial charge in [-0.1, -0.05) is 15.9 Å². The summed E-state index contributed by atoms with van der Waals surface area (Å²) in [4.78, 5) is 24.2. The largest absolute Gasteiger partial charge is 0.311 e. The first-order chi connectivity index (χ1) is 10.5. The third-order valence-corrected chi connectivity index (χ3v) is 4.05. The number of hydrogen-bond donors (Lipinski definition) is 0. The van der Waals surface area contributed by atoms with E-state index >= 15 is 0 Å². The van der Waals surface area contributed by atoms with Gasteiger partial charge in [0.1, 0.15) is 0 Å². The number of likely N-dealkylation sites (N-methyl/N-ethyl adjacent to an activating group) is 1. The maximum atomic E-state index is 12.4. The number of carbonyl (C=O) groups excluding carboxylic acids is 1. The van der Waals surface area contributed by atoms with Gasteiger partial charge in [0, 0.05) is 34.8 Å². The van der Waals surface area contributed by atoms with Crippen molar-refractivity contribution in [2.75, 3.05) is 11.9 Å². The number of rotatable bonds is 2. The summed E-state index contributed by atoms with van der Waals surface area (Å²) in [5.74, 6) is -0.0912. The number of hydrogen-bond acceptors (Lipinski definition) is 3. The first-order valence-electron chi connectivity index (χ1n) is 6.51. The molecule has 22 heavy (non-hydrogen) atoms. The second kappa shape index (κ2) is 5.38. The Morgan fingerprint density at radius 1 is 1.18 bits per heavy atom. The second-order valence-corrected chi connectivity index (χ2v) is 5.85. The molecule has 1 heterocycles. The molecule has 0 atom stereocenters. The number of nitrogens with zero attached hydrogens (tertiary/aromatic N) is 2. The van der Waals surface area contributed by atoms with Crippen LogP contribution in [0.5, 0.6) is 0 Å². The summed E-state index contributed by atoms with van der Waals surface area (Å²) in [6.45, 7) is 0. The molecule has 0 N–H and O–H groups in total. The van der Waals surface area contributed by atoms with Gasteiger partial charge in [-0.15, -0.1) is 0 Å². The number of nitro benzene ring substituents is 1. The molecule has 0 radical (unpaired) electrons. The van der Waals surface area contributed by atoms with Crippen LogP contribution in [-0.2, 0) is 4.79 Å². The number of benzene rings is 2. The monoisotopic (exact) mass is 358 g/mol. The molecule has 3 rings (SSSR count). The highest BCUT2D eigenvalue weighted by molar-refractivity contribution is 9.10. The van der Waals surface area contributed by atoms with Gasteiger partial charge in [-0.2, -0.15) is 0 Å². The van der Waals surface area contributed by atoms with E-state index in [2.05, 4.69) is 15.9 Å². The molecule has 6 heteroatoms. The van der Waals surface area contributed by atoms with Crippen LogP contribution in [0.15, 0.2) is 46.9 Å². The molecule has 0 spiro atoms. The molecule has 1 aliphatic rings. The lowest BCUT2D eigenvalue weighted by Gasteiger charge is -2.08. The molecule has 110 valence electrons. The summed E-state index contributed by atoms with van der Waals surface area (Å²) in [5, 5.41) is 10.7. The summed E-state index contributed by atoms with van der Waals surface area (Å²) < 4.78 is 0.893. The number of amides is 1. The van der Waals surface area contributed by atoms with Crippen LogP contribution in [0.3, 0.4) is 0 Å². The first-order valence-corrected chi connectivity index (χ1v) is 7.31. The standard InChI is InChI=1S/C16H11BrN2O3/c1-18-15-7-4-11(17)9-13(15)14(16(18)20)8-10-2-5-12(6-3-10)19(21)22/h2-9H,1H3/b14-8+.